The molecule has 2 aromatic heterocycles. The van der Waals surface area contributed by atoms with Gasteiger partial charge in [-0.3, -0.25) is 9.59 Å². The molecule has 152 valence electrons. The molecular formula is C18H17ClFN5O3S. The van der Waals surface area contributed by atoms with Crippen LogP contribution >= 0.6 is 23.4 Å². The molecule has 0 bridgehead atoms. The molecule has 1 fully saturated rings. The highest BCUT2D eigenvalue weighted by atomic mass is 35.5. The first-order valence-electron chi connectivity index (χ1n) is 8.94. The van der Waals surface area contributed by atoms with Crippen molar-refractivity contribution in [2.24, 2.45) is 0 Å². The molecule has 0 aliphatic carbocycles. The summed E-state index contributed by atoms with van der Waals surface area (Å²) in [6, 6.07) is 3.96. The van der Waals surface area contributed by atoms with E-state index >= 15 is 0 Å². The minimum absolute atomic E-state index is 0.0167. The fourth-order valence-electron chi connectivity index (χ4n) is 3.10. The summed E-state index contributed by atoms with van der Waals surface area (Å²) in [5, 5.41) is 3.10. The number of ether oxygens (including phenoxy) is 1. The molecule has 3 heterocycles. The number of imidazole rings is 1. The van der Waals surface area contributed by atoms with Gasteiger partial charge in [0, 0.05) is 12.3 Å². The van der Waals surface area contributed by atoms with Gasteiger partial charge in [0.1, 0.15) is 5.82 Å². The van der Waals surface area contributed by atoms with Crippen molar-refractivity contribution in [1.82, 2.24) is 19.5 Å². The first-order valence-corrected chi connectivity index (χ1v) is 10.3. The molecule has 1 aliphatic heterocycles. The highest BCUT2D eigenvalue weighted by molar-refractivity contribution is 7.99. The lowest BCUT2D eigenvalue weighted by Crippen LogP contribution is -2.18. The molecule has 1 aliphatic rings. The van der Waals surface area contributed by atoms with E-state index in [1.54, 1.807) is 0 Å². The number of nitrogens with one attached hydrogen (secondary N) is 2. The van der Waals surface area contributed by atoms with Gasteiger partial charge in [-0.25, -0.2) is 14.4 Å². The third-order valence-electron chi connectivity index (χ3n) is 4.45. The molecule has 0 saturated carbocycles. The average Bonchev–Trinajstić information content (AvgIpc) is 3.33. The van der Waals surface area contributed by atoms with Crippen molar-refractivity contribution in [3.05, 3.63) is 45.7 Å². The highest BCUT2D eigenvalue weighted by Gasteiger charge is 2.22. The van der Waals surface area contributed by atoms with Gasteiger partial charge in [0.15, 0.2) is 16.3 Å². The number of benzene rings is 1. The van der Waals surface area contributed by atoms with Crippen LogP contribution in [0.5, 0.6) is 0 Å². The monoisotopic (exact) mass is 437 g/mol. The van der Waals surface area contributed by atoms with E-state index in [0.717, 1.165) is 12.8 Å². The van der Waals surface area contributed by atoms with Crippen LogP contribution in [0.15, 0.2) is 34.5 Å². The van der Waals surface area contributed by atoms with E-state index in [1.165, 1.54) is 36.3 Å². The van der Waals surface area contributed by atoms with Crippen LogP contribution < -0.4 is 10.9 Å². The van der Waals surface area contributed by atoms with Crippen LogP contribution in [0.4, 0.5) is 10.1 Å². The van der Waals surface area contributed by atoms with Crippen molar-refractivity contribution < 1.29 is 13.9 Å². The predicted molar refractivity (Wildman–Crippen MR) is 108 cm³/mol. The number of aromatic nitrogens is 4. The van der Waals surface area contributed by atoms with E-state index in [2.05, 4.69) is 20.3 Å². The molecule has 0 spiro atoms. The van der Waals surface area contributed by atoms with Crippen LogP contribution in [0.25, 0.3) is 11.2 Å². The third kappa shape index (κ3) is 4.44. The lowest BCUT2D eigenvalue weighted by Gasteiger charge is -2.13. The van der Waals surface area contributed by atoms with Crippen molar-refractivity contribution in [2.75, 3.05) is 17.7 Å². The molecule has 1 aromatic carbocycles. The summed E-state index contributed by atoms with van der Waals surface area (Å²) < 4.78 is 20.8. The Morgan fingerprint density at radius 2 is 2.34 bits per heavy atom. The molecule has 3 aromatic rings. The highest BCUT2D eigenvalue weighted by Crippen LogP contribution is 2.25. The molecule has 1 saturated heterocycles. The third-order valence-corrected chi connectivity index (χ3v) is 5.72. The molecule has 11 heteroatoms. The standard InChI is InChI=1S/C18H17ClFN5O3S/c19-12-6-10(3-4-13(12)20)23-14(26)8-29-18-24-15-16(21-9-22-17(15)27)25(18)7-11-2-1-5-28-11/h3-4,6,9,11H,1-2,5,7-8H2,(H,23,26)(H,21,22,27)/t11-/m0/s1. The lowest BCUT2D eigenvalue weighted by atomic mass is 10.2. The molecule has 29 heavy (non-hydrogen) atoms. The van der Waals surface area contributed by atoms with Gasteiger partial charge in [-0.1, -0.05) is 23.4 Å². The van der Waals surface area contributed by atoms with Crippen molar-refractivity contribution in [3.63, 3.8) is 0 Å². The number of hydrogen-bond donors (Lipinski definition) is 2. The zero-order valence-electron chi connectivity index (χ0n) is 15.2. The van der Waals surface area contributed by atoms with Crippen molar-refractivity contribution in [3.8, 4) is 0 Å². The van der Waals surface area contributed by atoms with Gasteiger partial charge >= 0.3 is 0 Å². The second-order valence-corrected chi connectivity index (χ2v) is 7.86. The number of halogens is 2. The van der Waals surface area contributed by atoms with E-state index in [4.69, 9.17) is 16.3 Å². The summed E-state index contributed by atoms with van der Waals surface area (Å²) in [7, 11) is 0. The van der Waals surface area contributed by atoms with Gasteiger partial charge in [-0.2, -0.15) is 0 Å². The van der Waals surface area contributed by atoms with Gasteiger partial charge < -0.3 is 19.6 Å². The van der Waals surface area contributed by atoms with Crippen LogP contribution in [0.3, 0.4) is 0 Å². The Bertz CT molecular complexity index is 1110. The zero-order chi connectivity index (χ0) is 20.4. The van der Waals surface area contributed by atoms with Gasteiger partial charge in [0.25, 0.3) is 5.56 Å². The summed E-state index contributed by atoms with van der Waals surface area (Å²) in [6.45, 7) is 1.21. The maximum Gasteiger partial charge on any atom is 0.278 e. The van der Waals surface area contributed by atoms with Crippen LogP contribution in [-0.4, -0.2) is 43.9 Å². The van der Waals surface area contributed by atoms with Crippen LogP contribution in [0.1, 0.15) is 12.8 Å². The molecule has 0 radical (unpaired) electrons. The minimum atomic E-state index is -0.556. The van der Waals surface area contributed by atoms with Crippen LogP contribution in [0.2, 0.25) is 5.02 Å². The number of nitrogens with zero attached hydrogens (tertiary/aromatic N) is 3. The summed E-state index contributed by atoms with van der Waals surface area (Å²) in [5.74, 6) is -0.822. The van der Waals surface area contributed by atoms with E-state index in [1.807, 2.05) is 4.57 Å². The Labute approximate surface area is 173 Å². The largest absolute Gasteiger partial charge is 0.376 e. The Morgan fingerprint density at radius 3 is 3.10 bits per heavy atom. The summed E-state index contributed by atoms with van der Waals surface area (Å²) in [4.78, 5) is 35.5. The maximum atomic E-state index is 13.2. The van der Waals surface area contributed by atoms with Crippen LogP contribution in [0, 0.1) is 5.82 Å². The first-order chi connectivity index (χ1) is 14.0. The smallest absolute Gasteiger partial charge is 0.278 e. The normalized spacial score (nSPS) is 16.4. The number of hydrogen-bond acceptors (Lipinski definition) is 6. The summed E-state index contributed by atoms with van der Waals surface area (Å²) in [5.41, 5.74) is 0.734. The summed E-state index contributed by atoms with van der Waals surface area (Å²) >= 11 is 6.92. The lowest BCUT2D eigenvalue weighted by molar-refractivity contribution is -0.113. The Balaban J connectivity index is 1.51. The van der Waals surface area contributed by atoms with Gasteiger partial charge in [-0.05, 0) is 31.0 Å². The molecule has 0 unspecified atom stereocenters. The fourth-order valence-corrected chi connectivity index (χ4v) is 4.08. The zero-order valence-corrected chi connectivity index (χ0v) is 16.7. The number of rotatable bonds is 6. The van der Waals surface area contributed by atoms with Gasteiger partial charge in [-0.15, -0.1) is 0 Å². The Hall–Kier alpha value is -2.43. The van der Waals surface area contributed by atoms with Crippen LogP contribution in [-0.2, 0) is 16.1 Å². The number of anilines is 1. The number of carbonyl (C=O) groups is 1. The maximum absolute atomic E-state index is 13.2. The quantitative estimate of drug-likeness (QED) is 0.575. The summed E-state index contributed by atoms with van der Waals surface area (Å²) in [6.07, 6.45) is 3.25. The number of H-pyrrole nitrogens is 1. The SMILES string of the molecule is O=C(CSc1nc2c(=O)[nH]cnc2n1C[C@@H]1CCCO1)Nc1ccc(F)c(Cl)c1. The fraction of sp³-hybridized carbons (Fsp3) is 0.333. The van der Waals surface area contributed by atoms with E-state index in [9.17, 15) is 14.0 Å². The number of fused-ring (bicyclic) bond motifs is 1. The number of thioether (sulfide) groups is 1. The van der Waals surface area contributed by atoms with E-state index in [-0.39, 0.29) is 33.9 Å². The Kier molecular flexibility index (Phi) is 5.84. The second-order valence-electron chi connectivity index (χ2n) is 6.51. The minimum Gasteiger partial charge on any atom is -0.376 e. The molecular weight excluding hydrogens is 421 g/mol. The van der Waals surface area contributed by atoms with Crippen molar-refractivity contribution in [2.45, 2.75) is 30.6 Å². The topological polar surface area (TPSA) is 102 Å². The van der Waals surface area contributed by atoms with Gasteiger partial charge in [0.2, 0.25) is 5.91 Å². The Morgan fingerprint density at radius 1 is 1.48 bits per heavy atom. The van der Waals surface area contributed by atoms with Gasteiger partial charge in [0.05, 0.1) is 29.8 Å². The number of carbonyl (C=O) groups excluding carboxylic acids is 1. The average molecular weight is 438 g/mol. The molecule has 4 rings (SSSR count). The van der Waals surface area contributed by atoms with Crippen molar-refractivity contribution >= 4 is 46.1 Å². The molecule has 2 N–H and O–H groups in total. The van der Waals surface area contributed by atoms with Crippen molar-refractivity contribution in [1.29, 1.82) is 0 Å². The molecule has 8 nitrogen and oxygen atoms in total. The first kappa shape index (κ1) is 19.9. The molecule has 1 atom stereocenters. The second kappa shape index (κ2) is 8.52. The predicted octanol–water partition coefficient (Wildman–Crippen LogP) is 2.82. The number of amides is 1. The molecule has 1 amide bonds. The number of aromatic amines is 1. The van der Waals surface area contributed by atoms with E-state index < -0.39 is 5.82 Å². The van der Waals surface area contributed by atoms with E-state index in [0.29, 0.717) is 29.6 Å².